The van der Waals surface area contributed by atoms with E-state index >= 15 is 8.78 Å². The molecular formula is C41H47F17N2O7Si. The Bertz CT molecular complexity index is 2040. The molecule has 27 heteroatoms. The largest absolute Gasteiger partial charge is 0.497 e. The molecule has 2 rings (SSSR count). The summed E-state index contributed by atoms with van der Waals surface area (Å²) < 4.78 is 258. The Kier molecular flexibility index (Phi) is 19.1. The van der Waals surface area contributed by atoms with Gasteiger partial charge in [0, 0.05) is 24.1 Å². The number of benzene rings is 2. The van der Waals surface area contributed by atoms with E-state index in [9.17, 15) is 75.4 Å². The summed E-state index contributed by atoms with van der Waals surface area (Å²) in [5.74, 6) is -57.7. The lowest BCUT2D eigenvalue weighted by atomic mass is 9.88. The van der Waals surface area contributed by atoms with Gasteiger partial charge in [-0.05, 0) is 71.6 Å². The molecule has 3 N–H and O–H groups in total. The minimum atomic E-state index is -8.71. The van der Waals surface area contributed by atoms with Crippen LogP contribution in [0.1, 0.15) is 59.6 Å². The second kappa shape index (κ2) is 21.9. The molecule has 0 unspecified atom stereocenters. The summed E-state index contributed by atoms with van der Waals surface area (Å²) in [6, 6.07) is 10.6. The number of hydrogen-bond donors (Lipinski definition) is 3. The quantitative estimate of drug-likeness (QED) is 0.0182. The number of carbonyl (C=O) groups excluding carboxylic acids is 2. The molecule has 0 aliphatic carbocycles. The molecular weight excluding hydrogens is 984 g/mol. The zero-order valence-corrected chi connectivity index (χ0v) is 37.8. The fourth-order valence-corrected chi connectivity index (χ4v) is 11.1. The van der Waals surface area contributed by atoms with Gasteiger partial charge in [0.15, 0.2) is 8.32 Å². The number of alkyl halides is 17. The van der Waals surface area contributed by atoms with Gasteiger partial charge in [-0.15, -0.1) is 0 Å². The maximum atomic E-state index is 15.0. The average molecular weight is 1030 g/mol. The third kappa shape index (κ3) is 12.3. The van der Waals surface area contributed by atoms with Gasteiger partial charge < -0.3 is 18.6 Å². The van der Waals surface area contributed by atoms with E-state index in [4.69, 9.17) is 23.8 Å². The van der Waals surface area contributed by atoms with Crippen molar-refractivity contribution in [3.8, 4) is 11.5 Å². The lowest BCUT2D eigenvalue weighted by Crippen LogP contribution is -2.74. The van der Waals surface area contributed by atoms with Crippen LogP contribution in [0.2, 0.25) is 17.1 Å². The number of allylic oxidation sites excluding steroid dienone is 2. The van der Waals surface area contributed by atoms with Crippen molar-refractivity contribution in [2.24, 2.45) is 5.92 Å². The van der Waals surface area contributed by atoms with Crippen LogP contribution in [-0.4, -0.2) is 93.5 Å². The summed E-state index contributed by atoms with van der Waals surface area (Å²) >= 11 is 0. The maximum Gasteiger partial charge on any atom is 0.460 e. The average Bonchev–Trinajstić information content (AvgIpc) is 3.23. The van der Waals surface area contributed by atoms with Crippen molar-refractivity contribution < 1.29 is 108 Å². The number of rotatable bonds is 24. The van der Waals surface area contributed by atoms with Crippen molar-refractivity contribution in [3.63, 3.8) is 0 Å². The van der Waals surface area contributed by atoms with Crippen molar-refractivity contribution in [1.29, 1.82) is 0 Å². The van der Waals surface area contributed by atoms with E-state index in [2.05, 4.69) is 5.32 Å². The van der Waals surface area contributed by atoms with Crippen LogP contribution in [-0.2, 0) is 14.0 Å². The summed E-state index contributed by atoms with van der Waals surface area (Å²) in [6.07, 6.45) is -8.15. The Morgan fingerprint density at radius 2 is 1.15 bits per heavy atom. The third-order valence-electron chi connectivity index (χ3n) is 10.7. The smallest absolute Gasteiger partial charge is 0.460 e. The molecule has 386 valence electrons. The first kappa shape index (κ1) is 59.3. The predicted octanol–water partition coefficient (Wildman–Crippen LogP) is 13.2. The maximum absolute atomic E-state index is 15.0. The van der Waals surface area contributed by atoms with Crippen molar-refractivity contribution >= 4 is 26.0 Å². The minimum Gasteiger partial charge on any atom is -0.497 e. The normalized spacial score (nSPS) is 15.1. The summed E-state index contributed by atoms with van der Waals surface area (Å²) in [6.45, 7) is 7.45. The first-order chi connectivity index (χ1) is 30.8. The molecule has 2 aromatic carbocycles. The van der Waals surface area contributed by atoms with Gasteiger partial charge in [-0.3, -0.25) is 15.3 Å². The van der Waals surface area contributed by atoms with E-state index in [1.807, 2.05) is 0 Å². The molecule has 0 saturated heterocycles. The van der Waals surface area contributed by atoms with Crippen LogP contribution >= 0.6 is 0 Å². The third-order valence-corrected chi connectivity index (χ3v) is 16.4. The van der Waals surface area contributed by atoms with Gasteiger partial charge in [0.05, 0.1) is 13.7 Å². The van der Waals surface area contributed by atoms with Crippen LogP contribution in [0.15, 0.2) is 72.3 Å². The van der Waals surface area contributed by atoms with Crippen LogP contribution in [0.3, 0.4) is 0 Å². The van der Waals surface area contributed by atoms with Gasteiger partial charge in [0.25, 0.3) is 5.91 Å². The van der Waals surface area contributed by atoms with Crippen LogP contribution in [0.25, 0.3) is 0 Å². The highest BCUT2D eigenvalue weighted by Gasteiger charge is 2.95. The summed E-state index contributed by atoms with van der Waals surface area (Å²) in [4.78, 5) is 24.5. The topological polar surface area (TPSA) is 115 Å². The fourth-order valence-electron chi connectivity index (χ4n) is 6.61. The highest BCUT2D eigenvalue weighted by atomic mass is 28.4. The van der Waals surface area contributed by atoms with E-state index in [0.29, 0.717) is 22.6 Å². The van der Waals surface area contributed by atoms with Gasteiger partial charge in [-0.1, -0.05) is 58.9 Å². The molecule has 0 aromatic heterocycles. The number of hydrogen-bond acceptors (Lipinski definition) is 7. The molecule has 2 aromatic rings. The number of hydroxylamine groups is 1. The Labute approximate surface area is 379 Å². The van der Waals surface area contributed by atoms with Crippen LogP contribution in [0, 0.1) is 5.92 Å². The van der Waals surface area contributed by atoms with E-state index in [-0.39, 0.29) is 5.75 Å². The number of anilines is 1. The SMILES string of the molecule is COc1ccc(NC(=O)O[C@H](c2ccc(OCCO[Si](CCC(F)(F)C(F)(F)C(F)(F)C(F)(F)C(F)(F)C(F)(F)C(F)(F)C(F)(F)F)(C(C)C)C(C)C)cc2)[C@H](C)/C=C/C(C)=C/C(=O)NO)cc1. The molecule has 0 saturated carbocycles. The number of amides is 2. The molecule has 0 fully saturated rings. The Morgan fingerprint density at radius 1 is 0.676 bits per heavy atom. The van der Waals surface area contributed by atoms with Crippen LogP contribution < -0.4 is 20.3 Å². The van der Waals surface area contributed by atoms with E-state index < -0.39 is 117 Å². The predicted molar refractivity (Wildman–Crippen MR) is 212 cm³/mol. The lowest BCUT2D eigenvalue weighted by Gasteiger charge is -2.44. The zero-order chi connectivity index (χ0) is 52.7. The molecule has 2 atom stereocenters. The van der Waals surface area contributed by atoms with Gasteiger partial charge >= 0.3 is 53.7 Å². The molecule has 0 heterocycles. The molecule has 0 radical (unpaired) electrons. The van der Waals surface area contributed by atoms with Crippen molar-refractivity contribution in [2.75, 3.05) is 25.6 Å². The number of ether oxygens (including phenoxy) is 3. The molecule has 68 heavy (non-hydrogen) atoms. The highest BCUT2D eigenvalue weighted by molar-refractivity contribution is 6.76. The van der Waals surface area contributed by atoms with Crippen LogP contribution in [0.5, 0.6) is 11.5 Å². The summed E-state index contributed by atoms with van der Waals surface area (Å²) in [5.41, 5.74) is 0.758. The summed E-state index contributed by atoms with van der Waals surface area (Å²) in [7, 11) is -2.59. The molecule has 0 aliphatic heterocycles. The number of methoxy groups -OCH3 is 1. The monoisotopic (exact) mass is 1030 g/mol. The van der Waals surface area contributed by atoms with Gasteiger partial charge in [-0.25, -0.2) is 10.3 Å². The Balaban J connectivity index is 2.33. The number of halogens is 17. The number of carbonyl (C=O) groups is 2. The molecule has 0 spiro atoms. The van der Waals surface area contributed by atoms with E-state index in [1.165, 1.54) is 82.8 Å². The van der Waals surface area contributed by atoms with Crippen molar-refractivity contribution in [3.05, 3.63) is 77.9 Å². The second-order valence-electron chi connectivity index (χ2n) is 15.9. The first-order valence-electron chi connectivity index (χ1n) is 19.9. The van der Waals surface area contributed by atoms with Crippen molar-refractivity contribution in [1.82, 2.24) is 5.48 Å². The first-order valence-corrected chi connectivity index (χ1v) is 22.1. The highest BCUT2D eigenvalue weighted by Crippen LogP contribution is 2.64. The Hall–Kier alpha value is -4.79. The Morgan fingerprint density at radius 3 is 1.60 bits per heavy atom. The molecule has 9 nitrogen and oxygen atoms in total. The van der Waals surface area contributed by atoms with Gasteiger partial charge in [-0.2, -0.15) is 74.6 Å². The summed E-state index contributed by atoms with van der Waals surface area (Å²) in [5, 5.41) is 11.3. The standard InChI is InChI=1S/C41H47F17N2O7Si/c1-23(2)68(24(3)4,21-18-34(42,43)35(44,45)36(46,47)37(48,49)38(50,51)39(52,53)40(54,55)41(56,57)58)66-20-19-65-30-14-10-27(11-15-30)32(26(6)9-8-25(5)22-31(61)60-63)67-33(62)59-28-12-16-29(64-7)17-13-28/h8-17,22-24,26,32,63H,18-21H2,1-7H3,(H,59,62)(H,60,61)/b9-8+,25-22+/t26-,32+/m1/s1. The van der Waals surface area contributed by atoms with Gasteiger partial charge in [0.1, 0.15) is 24.2 Å². The molecule has 0 aliphatic rings. The second-order valence-corrected chi connectivity index (χ2v) is 20.9. The molecule has 0 bridgehead atoms. The van der Waals surface area contributed by atoms with E-state index in [1.54, 1.807) is 32.1 Å². The van der Waals surface area contributed by atoms with E-state index in [0.717, 1.165) is 6.08 Å². The number of nitrogens with one attached hydrogen (secondary N) is 2. The van der Waals surface area contributed by atoms with Crippen molar-refractivity contribution in [2.45, 2.75) is 119 Å². The zero-order valence-electron chi connectivity index (χ0n) is 36.8. The van der Waals surface area contributed by atoms with Gasteiger partial charge in [0.2, 0.25) is 0 Å². The van der Waals surface area contributed by atoms with Crippen LogP contribution in [0.4, 0.5) is 85.1 Å². The lowest BCUT2D eigenvalue weighted by molar-refractivity contribution is -0.461. The molecule has 2 amide bonds. The minimum absolute atomic E-state index is 0.0989. The fraction of sp³-hybridized carbons (Fsp3) is 0.561.